The zero-order chi connectivity index (χ0) is 28.7. The third-order valence-electron chi connectivity index (χ3n) is 6.31. The first-order chi connectivity index (χ1) is 18.6. The van der Waals surface area contributed by atoms with Gasteiger partial charge in [0.2, 0.25) is 0 Å². The maximum absolute atomic E-state index is 13.0. The summed E-state index contributed by atoms with van der Waals surface area (Å²) in [7, 11) is 2.85. The van der Waals surface area contributed by atoms with Gasteiger partial charge in [0, 0.05) is 18.6 Å². The molecule has 39 heavy (non-hydrogen) atoms. The van der Waals surface area contributed by atoms with Crippen molar-refractivity contribution in [3.8, 4) is 16.9 Å². The summed E-state index contributed by atoms with van der Waals surface area (Å²) in [5, 5.41) is 13.7. The Morgan fingerprint density at radius 3 is 2.31 bits per heavy atom. The van der Waals surface area contributed by atoms with Crippen LogP contribution in [0.15, 0.2) is 48.5 Å². The lowest BCUT2D eigenvalue weighted by molar-refractivity contribution is -0.142. The molecule has 3 aromatic rings. The van der Waals surface area contributed by atoms with Crippen LogP contribution >= 0.6 is 23.2 Å². The zero-order valence-corrected chi connectivity index (χ0v) is 24.2. The van der Waals surface area contributed by atoms with E-state index in [9.17, 15) is 14.7 Å². The van der Waals surface area contributed by atoms with E-state index in [-0.39, 0.29) is 22.0 Å². The molecule has 2 N–H and O–H groups in total. The van der Waals surface area contributed by atoms with E-state index >= 15 is 0 Å². The van der Waals surface area contributed by atoms with Gasteiger partial charge in [-0.25, -0.2) is 4.79 Å². The normalized spacial score (nSPS) is 12.5. The van der Waals surface area contributed by atoms with Crippen molar-refractivity contribution in [3.63, 3.8) is 0 Å². The summed E-state index contributed by atoms with van der Waals surface area (Å²) in [5.41, 5.74) is 5.04. The smallest absolute Gasteiger partial charge is 0.328 e. The Morgan fingerprint density at radius 2 is 1.72 bits per heavy atom. The molecular formula is C30H33Cl2NO6. The molecule has 2 atom stereocenters. The number of aliphatic hydroxyl groups excluding tert-OH is 1. The fourth-order valence-corrected chi connectivity index (χ4v) is 5.03. The van der Waals surface area contributed by atoms with E-state index in [1.165, 1.54) is 7.11 Å². The lowest BCUT2D eigenvalue weighted by Gasteiger charge is -2.21. The van der Waals surface area contributed by atoms with Gasteiger partial charge in [0.15, 0.2) is 0 Å². The summed E-state index contributed by atoms with van der Waals surface area (Å²) < 4.78 is 16.2. The van der Waals surface area contributed by atoms with E-state index in [2.05, 4.69) is 5.32 Å². The third-order valence-corrected chi connectivity index (χ3v) is 6.94. The molecule has 3 aromatic carbocycles. The SMILES string of the molecule is CCOCc1cc(C)c(-c2ccc(C[C@H](NC(=O)c3c(Cl)cccc3Cl)C(=O)OC)cc2C(C)O)c(OC)c1. The van der Waals surface area contributed by atoms with Gasteiger partial charge in [-0.05, 0) is 66.8 Å². The monoisotopic (exact) mass is 573 g/mol. The number of benzene rings is 3. The molecule has 1 amide bonds. The fraction of sp³-hybridized carbons (Fsp3) is 0.333. The van der Waals surface area contributed by atoms with Crippen LogP contribution in [-0.2, 0) is 27.3 Å². The van der Waals surface area contributed by atoms with Gasteiger partial charge >= 0.3 is 5.97 Å². The number of rotatable bonds is 11. The standard InChI is InChI=1S/C30H33Cl2NO6/c1-6-39-16-20-12-17(2)27(26(15-20)37-4)21-11-10-19(13-22(21)18(3)34)14-25(30(36)38-5)33-29(35)28-23(31)8-7-9-24(28)32/h7-13,15,18,25,34H,6,14,16H2,1-5H3,(H,33,35)/t18?,25-/m0/s1. The summed E-state index contributed by atoms with van der Waals surface area (Å²) >= 11 is 12.4. The molecule has 0 saturated heterocycles. The molecule has 0 heterocycles. The molecule has 3 rings (SSSR count). The molecule has 0 aliphatic heterocycles. The number of halogens is 2. The first kappa shape index (κ1) is 30.4. The topological polar surface area (TPSA) is 94.1 Å². The highest BCUT2D eigenvalue weighted by molar-refractivity contribution is 6.39. The first-order valence-electron chi connectivity index (χ1n) is 12.5. The Bertz CT molecular complexity index is 1320. The van der Waals surface area contributed by atoms with Gasteiger partial charge in [0.1, 0.15) is 11.8 Å². The Labute approximate surface area is 239 Å². The number of hydrogen-bond donors (Lipinski definition) is 2. The highest BCUT2D eigenvalue weighted by Crippen LogP contribution is 2.39. The molecule has 0 fully saturated rings. The van der Waals surface area contributed by atoms with Gasteiger partial charge in [-0.2, -0.15) is 0 Å². The molecule has 7 nitrogen and oxygen atoms in total. The molecular weight excluding hydrogens is 541 g/mol. The largest absolute Gasteiger partial charge is 0.496 e. The number of carbonyl (C=O) groups excluding carboxylic acids is 2. The maximum Gasteiger partial charge on any atom is 0.328 e. The number of hydrogen-bond acceptors (Lipinski definition) is 6. The van der Waals surface area contributed by atoms with E-state index < -0.39 is 24.0 Å². The molecule has 1 unspecified atom stereocenters. The number of carbonyl (C=O) groups is 2. The van der Waals surface area contributed by atoms with Crippen LogP contribution in [0.5, 0.6) is 5.75 Å². The number of methoxy groups -OCH3 is 2. The minimum absolute atomic E-state index is 0.0742. The van der Waals surface area contributed by atoms with Crippen LogP contribution in [0, 0.1) is 6.92 Å². The summed E-state index contributed by atoms with van der Waals surface area (Å²) in [6.45, 7) is 6.67. The van der Waals surface area contributed by atoms with Gasteiger partial charge in [-0.1, -0.05) is 53.5 Å². The third kappa shape index (κ3) is 7.31. The fourth-order valence-electron chi connectivity index (χ4n) is 4.47. The van der Waals surface area contributed by atoms with Crippen LogP contribution in [0.4, 0.5) is 0 Å². The van der Waals surface area contributed by atoms with Crippen molar-refractivity contribution in [2.24, 2.45) is 0 Å². The van der Waals surface area contributed by atoms with Crippen LogP contribution in [0.25, 0.3) is 11.1 Å². The molecule has 0 spiro atoms. The zero-order valence-electron chi connectivity index (χ0n) is 22.6. The minimum Gasteiger partial charge on any atom is -0.496 e. The predicted octanol–water partition coefficient (Wildman–Crippen LogP) is 6.08. The van der Waals surface area contributed by atoms with Crippen molar-refractivity contribution < 1.29 is 28.9 Å². The Hall–Kier alpha value is -3.10. The molecule has 0 radical (unpaired) electrons. The number of aryl methyl sites for hydroxylation is 1. The quantitative estimate of drug-likeness (QED) is 0.270. The maximum atomic E-state index is 13.0. The van der Waals surface area contributed by atoms with E-state index in [0.29, 0.717) is 30.1 Å². The first-order valence-corrected chi connectivity index (χ1v) is 13.3. The second kappa shape index (κ2) is 13.8. The van der Waals surface area contributed by atoms with E-state index in [1.807, 2.05) is 44.2 Å². The second-order valence-corrected chi connectivity index (χ2v) is 9.89. The molecule has 0 aliphatic carbocycles. The highest BCUT2D eigenvalue weighted by Gasteiger charge is 2.26. The molecule has 9 heteroatoms. The van der Waals surface area contributed by atoms with Gasteiger partial charge in [-0.3, -0.25) is 4.79 Å². The van der Waals surface area contributed by atoms with Gasteiger partial charge in [-0.15, -0.1) is 0 Å². The number of nitrogens with one attached hydrogen (secondary N) is 1. The number of ether oxygens (including phenoxy) is 3. The van der Waals surface area contributed by atoms with Crippen LogP contribution in [0.3, 0.4) is 0 Å². The Morgan fingerprint density at radius 1 is 1.03 bits per heavy atom. The molecule has 0 saturated carbocycles. The van der Waals surface area contributed by atoms with E-state index in [0.717, 1.165) is 22.3 Å². The van der Waals surface area contributed by atoms with Crippen molar-refractivity contribution in [2.45, 2.75) is 45.9 Å². The number of aliphatic hydroxyl groups is 1. The Kier molecular flexibility index (Phi) is 10.8. The average molecular weight is 575 g/mol. The summed E-state index contributed by atoms with van der Waals surface area (Å²) in [6, 6.07) is 13.2. The van der Waals surface area contributed by atoms with Crippen LogP contribution < -0.4 is 10.1 Å². The van der Waals surface area contributed by atoms with Gasteiger partial charge in [0.05, 0.1) is 42.5 Å². The van der Waals surface area contributed by atoms with Crippen molar-refractivity contribution in [1.29, 1.82) is 0 Å². The van der Waals surface area contributed by atoms with E-state index in [1.54, 1.807) is 32.2 Å². The highest BCUT2D eigenvalue weighted by atomic mass is 35.5. The van der Waals surface area contributed by atoms with Crippen molar-refractivity contribution in [1.82, 2.24) is 5.32 Å². The predicted molar refractivity (Wildman–Crippen MR) is 153 cm³/mol. The number of amides is 1. The average Bonchev–Trinajstić information content (AvgIpc) is 2.90. The molecule has 208 valence electrons. The second-order valence-electron chi connectivity index (χ2n) is 9.07. The van der Waals surface area contributed by atoms with Gasteiger partial charge in [0.25, 0.3) is 5.91 Å². The lowest BCUT2D eigenvalue weighted by Crippen LogP contribution is -2.43. The van der Waals surface area contributed by atoms with Crippen LogP contribution in [0.2, 0.25) is 10.0 Å². The Balaban J connectivity index is 1.98. The number of esters is 1. The van der Waals surface area contributed by atoms with Crippen molar-refractivity contribution in [2.75, 3.05) is 20.8 Å². The minimum atomic E-state index is -1.02. The summed E-state index contributed by atoms with van der Waals surface area (Å²) in [6.07, 6.45) is -0.704. The van der Waals surface area contributed by atoms with Crippen LogP contribution in [0.1, 0.15) is 52.6 Å². The molecule has 0 bridgehead atoms. The van der Waals surface area contributed by atoms with Gasteiger partial charge < -0.3 is 24.6 Å². The summed E-state index contributed by atoms with van der Waals surface area (Å²) in [5.74, 6) is -0.562. The molecule has 0 aliphatic rings. The molecule has 0 aromatic heterocycles. The van der Waals surface area contributed by atoms with Crippen molar-refractivity contribution >= 4 is 35.1 Å². The van der Waals surface area contributed by atoms with Crippen molar-refractivity contribution in [3.05, 3.63) is 86.4 Å². The van der Waals surface area contributed by atoms with E-state index in [4.69, 9.17) is 37.4 Å². The summed E-state index contributed by atoms with van der Waals surface area (Å²) in [4.78, 5) is 25.6. The lowest BCUT2D eigenvalue weighted by atomic mass is 9.89. The van der Waals surface area contributed by atoms with Crippen LogP contribution in [-0.4, -0.2) is 43.9 Å².